The first-order valence-electron chi connectivity index (χ1n) is 7.80. The molecule has 140 valence electrons. The highest BCUT2D eigenvalue weighted by Gasteiger charge is 2.61. The van der Waals surface area contributed by atoms with Crippen LogP contribution in [0.1, 0.15) is 37.3 Å². The van der Waals surface area contributed by atoms with Crippen LogP contribution in [0.4, 0.5) is 17.6 Å². The third kappa shape index (κ3) is 3.44. The van der Waals surface area contributed by atoms with Crippen LogP contribution in [-0.2, 0) is 14.3 Å². The molecule has 0 saturated carbocycles. The summed E-state index contributed by atoms with van der Waals surface area (Å²) in [5.74, 6) is -2.30. The fourth-order valence-corrected chi connectivity index (χ4v) is 3.08. The Kier molecular flexibility index (Phi) is 5.32. The van der Waals surface area contributed by atoms with Crippen molar-refractivity contribution >= 4 is 5.97 Å². The molecule has 25 heavy (non-hydrogen) atoms. The smallest absolute Gasteiger partial charge is 0.417 e. The van der Waals surface area contributed by atoms with Gasteiger partial charge in [-0.15, -0.1) is 0 Å². The van der Waals surface area contributed by atoms with E-state index in [4.69, 9.17) is 14.2 Å². The molecule has 1 saturated heterocycles. The SMILES string of the molecule is CCOC(=O)[C@@H]1OC(C)(C(F)(F)F)CC1c1ccc(F)c(C)c1OC. The Hall–Kier alpha value is -1.83. The minimum atomic E-state index is -4.67. The van der Waals surface area contributed by atoms with Crippen LogP contribution in [0, 0.1) is 12.7 Å². The van der Waals surface area contributed by atoms with Gasteiger partial charge < -0.3 is 14.2 Å². The highest BCUT2D eigenvalue weighted by Crippen LogP contribution is 2.51. The first-order chi connectivity index (χ1) is 11.6. The van der Waals surface area contributed by atoms with E-state index in [1.807, 2.05) is 0 Å². The highest BCUT2D eigenvalue weighted by molar-refractivity contribution is 5.77. The lowest BCUT2D eigenvalue weighted by molar-refractivity contribution is -0.264. The number of hydrogen-bond donors (Lipinski definition) is 0. The van der Waals surface area contributed by atoms with Gasteiger partial charge in [0.05, 0.1) is 13.7 Å². The maximum absolute atomic E-state index is 13.8. The Morgan fingerprint density at radius 2 is 2.04 bits per heavy atom. The van der Waals surface area contributed by atoms with Gasteiger partial charge in [-0.1, -0.05) is 6.07 Å². The zero-order valence-electron chi connectivity index (χ0n) is 14.4. The topological polar surface area (TPSA) is 44.8 Å². The van der Waals surface area contributed by atoms with Gasteiger partial charge in [-0.05, 0) is 33.3 Å². The summed E-state index contributed by atoms with van der Waals surface area (Å²) in [5, 5.41) is 0. The third-order valence-corrected chi connectivity index (χ3v) is 4.45. The molecular weight excluding hydrogens is 344 g/mol. The van der Waals surface area contributed by atoms with Gasteiger partial charge in [0.25, 0.3) is 0 Å². The van der Waals surface area contributed by atoms with Crippen LogP contribution in [-0.4, -0.2) is 37.6 Å². The molecule has 0 N–H and O–H groups in total. The second-order valence-electron chi connectivity index (χ2n) is 6.12. The zero-order valence-corrected chi connectivity index (χ0v) is 14.4. The van der Waals surface area contributed by atoms with Crippen molar-refractivity contribution in [1.29, 1.82) is 0 Å². The average molecular weight is 364 g/mol. The van der Waals surface area contributed by atoms with Crippen LogP contribution in [0.25, 0.3) is 0 Å². The highest BCUT2D eigenvalue weighted by atomic mass is 19.4. The number of rotatable bonds is 4. The van der Waals surface area contributed by atoms with Crippen LogP contribution in [0.15, 0.2) is 12.1 Å². The van der Waals surface area contributed by atoms with E-state index in [1.54, 1.807) is 6.92 Å². The number of ether oxygens (including phenoxy) is 3. The number of hydrogen-bond acceptors (Lipinski definition) is 4. The molecule has 1 fully saturated rings. The number of methoxy groups -OCH3 is 1. The van der Waals surface area contributed by atoms with E-state index < -0.39 is 42.0 Å². The van der Waals surface area contributed by atoms with Crippen LogP contribution in [0.3, 0.4) is 0 Å². The molecule has 0 amide bonds. The van der Waals surface area contributed by atoms with Crippen molar-refractivity contribution < 1.29 is 36.6 Å². The fraction of sp³-hybridized carbons (Fsp3) is 0.588. The van der Waals surface area contributed by atoms with Crippen molar-refractivity contribution in [2.45, 2.75) is 51.0 Å². The molecule has 1 aliphatic rings. The molecule has 0 bridgehead atoms. The average Bonchev–Trinajstić information content (AvgIpc) is 2.89. The third-order valence-electron chi connectivity index (χ3n) is 4.45. The normalized spacial score (nSPS) is 26.6. The van der Waals surface area contributed by atoms with Crippen molar-refractivity contribution in [3.63, 3.8) is 0 Å². The molecule has 4 nitrogen and oxygen atoms in total. The number of halogens is 4. The minimum Gasteiger partial charge on any atom is -0.496 e. The lowest BCUT2D eigenvalue weighted by Crippen LogP contribution is -2.43. The number of esters is 1. The molecule has 1 aliphatic heterocycles. The molecule has 1 heterocycles. The van der Waals surface area contributed by atoms with Crippen molar-refractivity contribution in [2.24, 2.45) is 0 Å². The van der Waals surface area contributed by atoms with E-state index in [2.05, 4.69) is 0 Å². The monoisotopic (exact) mass is 364 g/mol. The molecule has 1 aromatic carbocycles. The second kappa shape index (κ2) is 6.82. The van der Waals surface area contributed by atoms with Crippen molar-refractivity contribution in [3.8, 4) is 5.75 Å². The lowest BCUT2D eigenvalue weighted by Gasteiger charge is -2.26. The molecule has 0 aliphatic carbocycles. The first-order valence-corrected chi connectivity index (χ1v) is 7.80. The predicted molar refractivity (Wildman–Crippen MR) is 81.0 cm³/mol. The quantitative estimate of drug-likeness (QED) is 0.600. The van der Waals surface area contributed by atoms with Crippen LogP contribution < -0.4 is 4.74 Å². The Labute approximate surface area is 143 Å². The van der Waals surface area contributed by atoms with E-state index in [1.165, 1.54) is 20.1 Å². The maximum Gasteiger partial charge on any atom is 0.417 e. The Morgan fingerprint density at radius 1 is 1.40 bits per heavy atom. The molecule has 1 aromatic rings. The Morgan fingerprint density at radius 3 is 2.56 bits per heavy atom. The van der Waals surface area contributed by atoms with E-state index >= 15 is 0 Å². The van der Waals surface area contributed by atoms with Gasteiger partial charge in [-0.2, -0.15) is 13.2 Å². The largest absolute Gasteiger partial charge is 0.496 e. The molecule has 0 aromatic heterocycles. The number of carbonyl (C=O) groups is 1. The number of benzene rings is 1. The van der Waals surface area contributed by atoms with E-state index in [9.17, 15) is 22.4 Å². The van der Waals surface area contributed by atoms with Crippen LogP contribution in [0.2, 0.25) is 0 Å². The van der Waals surface area contributed by atoms with E-state index in [-0.39, 0.29) is 23.5 Å². The van der Waals surface area contributed by atoms with E-state index in [0.717, 1.165) is 13.0 Å². The summed E-state index contributed by atoms with van der Waals surface area (Å²) in [4.78, 5) is 12.2. The van der Waals surface area contributed by atoms with Crippen molar-refractivity contribution in [3.05, 3.63) is 29.1 Å². The Balaban J connectivity index is 2.53. The predicted octanol–water partition coefficient (Wildman–Crippen LogP) is 3.90. The van der Waals surface area contributed by atoms with Gasteiger partial charge in [-0.3, -0.25) is 0 Å². The summed E-state index contributed by atoms with van der Waals surface area (Å²) >= 11 is 0. The van der Waals surface area contributed by atoms with Gasteiger partial charge in [0, 0.05) is 17.0 Å². The minimum absolute atomic E-state index is 0.00766. The molecule has 2 rings (SSSR count). The molecule has 8 heteroatoms. The zero-order chi connectivity index (χ0) is 19.0. The summed E-state index contributed by atoms with van der Waals surface area (Å²) in [6.07, 6.45) is -6.62. The van der Waals surface area contributed by atoms with Crippen molar-refractivity contribution in [1.82, 2.24) is 0 Å². The summed E-state index contributed by atoms with van der Waals surface area (Å²) in [7, 11) is 1.30. The Bertz CT molecular complexity index is 659. The van der Waals surface area contributed by atoms with Gasteiger partial charge in [0.15, 0.2) is 11.7 Å². The standard InChI is InChI=1S/C17H20F4O4/c1-5-24-15(22)14-11(8-16(3,25-14)17(19,20)21)10-6-7-12(18)9(2)13(10)23-4/h6-7,11,14H,5,8H2,1-4H3/t11?,14-,16?/m1/s1. The lowest BCUT2D eigenvalue weighted by atomic mass is 9.85. The summed E-state index contributed by atoms with van der Waals surface area (Å²) in [6, 6.07) is 2.46. The summed E-state index contributed by atoms with van der Waals surface area (Å²) in [6.45, 7) is 3.90. The summed E-state index contributed by atoms with van der Waals surface area (Å²) < 4.78 is 69.2. The molecular formula is C17H20F4O4. The van der Waals surface area contributed by atoms with Gasteiger partial charge >= 0.3 is 12.1 Å². The molecule has 2 unspecified atom stereocenters. The molecule has 0 spiro atoms. The van der Waals surface area contributed by atoms with Gasteiger partial charge in [0.2, 0.25) is 0 Å². The summed E-state index contributed by atoms with van der Waals surface area (Å²) in [5.41, 5.74) is -2.07. The maximum atomic E-state index is 13.8. The van der Waals surface area contributed by atoms with E-state index in [0.29, 0.717) is 0 Å². The van der Waals surface area contributed by atoms with Crippen LogP contribution >= 0.6 is 0 Å². The van der Waals surface area contributed by atoms with Gasteiger partial charge in [0.1, 0.15) is 11.6 Å². The van der Waals surface area contributed by atoms with Gasteiger partial charge in [-0.25, -0.2) is 9.18 Å². The van der Waals surface area contributed by atoms with Crippen LogP contribution in [0.5, 0.6) is 5.75 Å². The molecule has 0 radical (unpaired) electrons. The second-order valence-corrected chi connectivity index (χ2v) is 6.12. The fourth-order valence-electron chi connectivity index (χ4n) is 3.08. The first kappa shape index (κ1) is 19.5. The number of alkyl halides is 3. The van der Waals surface area contributed by atoms with Crippen molar-refractivity contribution in [2.75, 3.05) is 13.7 Å². The molecule has 3 atom stereocenters. The number of carbonyl (C=O) groups excluding carboxylic acids is 1.